The van der Waals surface area contributed by atoms with Gasteiger partial charge in [-0.05, 0) is 48.6 Å². The van der Waals surface area contributed by atoms with Gasteiger partial charge in [0.05, 0.1) is 17.8 Å². The van der Waals surface area contributed by atoms with Crippen LogP contribution >= 0.6 is 11.3 Å². The van der Waals surface area contributed by atoms with Crippen LogP contribution in [0, 0.1) is 0 Å². The molecule has 0 unspecified atom stereocenters. The Morgan fingerprint density at radius 3 is 2.33 bits per heavy atom. The van der Waals surface area contributed by atoms with Crippen LogP contribution in [0.25, 0.3) is 0 Å². The first kappa shape index (κ1) is 22.7. The van der Waals surface area contributed by atoms with Crippen LogP contribution in [0.3, 0.4) is 0 Å². The first-order chi connectivity index (χ1) is 16.1. The molecule has 0 atom stereocenters. The van der Waals surface area contributed by atoms with Gasteiger partial charge in [0.25, 0.3) is 11.8 Å². The number of likely N-dealkylation sites (tertiary alicyclic amines) is 1. The van der Waals surface area contributed by atoms with Crippen LogP contribution in [0.1, 0.15) is 33.6 Å². The highest BCUT2D eigenvalue weighted by Gasteiger charge is 2.23. The van der Waals surface area contributed by atoms with Crippen LogP contribution in [-0.4, -0.2) is 48.3 Å². The van der Waals surface area contributed by atoms with Crippen molar-refractivity contribution in [3.05, 3.63) is 82.6 Å². The third kappa shape index (κ3) is 6.27. The van der Waals surface area contributed by atoms with Crippen LogP contribution in [0.2, 0.25) is 0 Å². The summed E-state index contributed by atoms with van der Waals surface area (Å²) in [6, 6.07) is 18.1. The molecule has 8 heteroatoms. The summed E-state index contributed by atoms with van der Waals surface area (Å²) in [6.07, 6.45) is 1.58. The molecule has 1 aliphatic heterocycles. The number of benzene rings is 2. The van der Waals surface area contributed by atoms with E-state index in [1.807, 2.05) is 47.2 Å². The summed E-state index contributed by atoms with van der Waals surface area (Å²) < 4.78 is 0. The minimum Gasteiger partial charge on any atom is -0.349 e. The average molecular weight is 463 g/mol. The van der Waals surface area contributed by atoms with Gasteiger partial charge in [-0.15, -0.1) is 0 Å². The zero-order chi connectivity index (χ0) is 23.0. The Hall–Kier alpha value is -3.49. The Labute approximate surface area is 196 Å². The third-order valence-electron chi connectivity index (χ3n) is 5.55. The SMILES string of the molecule is O=C(CN1CCC(NC(=O)c2ccsc2)CC1)Nc1ccccc1C(=O)Nc1ccccc1. The molecular weight excluding hydrogens is 436 g/mol. The Balaban J connectivity index is 1.27. The molecule has 1 aromatic heterocycles. The van der Waals surface area contributed by atoms with Crippen molar-refractivity contribution in [2.45, 2.75) is 18.9 Å². The lowest BCUT2D eigenvalue weighted by molar-refractivity contribution is -0.117. The molecule has 2 heterocycles. The molecule has 7 nitrogen and oxygen atoms in total. The number of rotatable bonds is 7. The highest BCUT2D eigenvalue weighted by atomic mass is 32.1. The van der Waals surface area contributed by atoms with Gasteiger partial charge in [0, 0.05) is 35.8 Å². The van der Waals surface area contributed by atoms with Gasteiger partial charge in [0.1, 0.15) is 0 Å². The average Bonchev–Trinajstić information content (AvgIpc) is 3.37. The standard InChI is InChI=1S/C25H26N4O3S/c30-23(16-29-13-10-20(11-14-29)26-24(31)18-12-15-33-17-18)28-22-9-5-4-8-21(22)25(32)27-19-6-2-1-3-7-19/h1-9,12,15,17,20H,10-11,13-14,16H2,(H,26,31)(H,27,32)(H,28,30). The van der Waals surface area contributed by atoms with E-state index in [1.54, 1.807) is 24.3 Å². The van der Waals surface area contributed by atoms with Gasteiger partial charge in [-0.3, -0.25) is 19.3 Å². The van der Waals surface area contributed by atoms with Crippen molar-refractivity contribution in [1.29, 1.82) is 0 Å². The van der Waals surface area contributed by atoms with Gasteiger partial charge in [0.2, 0.25) is 5.91 Å². The summed E-state index contributed by atoms with van der Waals surface area (Å²) in [7, 11) is 0. The second kappa shape index (κ2) is 10.9. The van der Waals surface area contributed by atoms with Crippen molar-refractivity contribution < 1.29 is 14.4 Å². The fourth-order valence-electron chi connectivity index (χ4n) is 3.80. The lowest BCUT2D eigenvalue weighted by Gasteiger charge is -2.31. The van der Waals surface area contributed by atoms with Crippen LogP contribution in [0.15, 0.2) is 71.4 Å². The topological polar surface area (TPSA) is 90.5 Å². The Morgan fingerprint density at radius 2 is 1.61 bits per heavy atom. The number of nitrogens with one attached hydrogen (secondary N) is 3. The number of thiophene rings is 1. The predicted octanol–water partition coefficient (Wildman–Crippen LogP) is 3.83. The van der Waals surface area contributed by atoms with Gasteiger partial charge in [-0.25, -0.2) is 0 Å². The second-order valence-corrected chi connectivity index (χ2v) is 8.73. The summed E-state index contributed by atoms with van der Waals surface area (Å²) in [6.45, 7) is 1.68. The van der Waals surface area contributed by atoms with E-state index in [9.17, 15) is 14.4 Å². The van der Waals surface area contributed by atoms with Crippen LogP contribution in [0.4, 0.5) is 11.4 Å². The van der Waals surface area contributed by atoms with Crippen molar-refractivity contribution in [2.75, 3.05) is 30.3 Å². The van der Waals surface area contributed by atoms with Gasteiger partial charge >= 0.3 is 0 Å². The number of amides is 3. The molecule has 0 aliphatic carbocycles. The van der Waals surface area contributed by atoms with Crippen molar-refractivity contribution >= 4 is 40.4 Å². The smallest absolute Gasteiger partial charge is 0.257 e. The van der Waals surface area contributed by atoms with E-state index >= 15 is 0 Å². The van der Waals surface area contributed by atoms with E-state index in [1.165, 1.54) is 11.3 Å². The Morgan fingerprint density at radius 1 is 0.879 bits per heavy atom. The number of para-hydroxylation sites is 2. The van der Waals surface area contributed by atoms with Crippen molar-refractivity contribution in [1.82, 2.24) is 10.2 Å². The number of carbonyl (C=O) groups is 3. The molecule has 1 saturated heterocycles. The molecule has 0 saturated carbocycles. The van der Waals surface area contributed by atoms with Crippen LogP contribution in [0.5, 0.6) is 0 Å². The highest BCUT2D eigenvalue weighted by Crippen LogP contribution is 2.18. The normalized spacial score (nSPS) is 14.4. The number of nitrogens with zero attached hydrogens (tertiary/aromatic N) is 1. The van der Waals surface area contributed by atoms with E-state index in [2.05, 4.69) is 20.9 Å². The molecule has 33 heavy (non-hydrogen) atoms. The van der Waals surface area contributed by atoms with Crippen molar-refractivity contribution in [2.24, 2.45) is 0 Å². The van der Waals surface area contributed by atoms with E-state index in [-0.39, 0.29) is 30.3 Å². The quantitative estimate of drug-likeness (QED) is 0.498. The second-order valence-electron chi connectivity index (χ2n) is 7.95. The molecule has 1 aliphatic rings. The number of anilines is 2. The van der Waals surface area contributed by atoms with Gasteiger partial charge in [0.15, 0.2) is 0 Å². The van der Waals surface area contributed by atoms with E-state index in [4.69, 9.17) is 0 Å². The first-order valence-electron chi connectivity index (χ1n) is 10.9. The predicted molar refractivity (Wildman–Crippen MR) is 131 cm³/mol. The molecule has 0 spiro atoms. The van der Waals surface area contributed by atoms with Gasteiger partial charge in [-0.2, -0.15) is 11.3 Å². The van der Waals surface area contributed by atoms with Gasteiger partial charge < -0.3 is 16.0 Å². The molecule has 3 N–H and O–H groups in total. The zero-order valence-electron chi connectivity index (χ0n) is 18.1. The summed E-state index contributed by atoms with van der Waals surface area (Å²) in [5.74, 6) is -0.493. The fraction of sp³-hybridized carbons (Fsp3) is 0.240. The molecule has 4 rings (SSSR count). The van der Waals surface area contributed by atoms with E-state index in [0.29, 0.717) is 22.5 Å². The number of hydrogen-bond acceptors (Lipinski definition) is 5. The molecule has 3 aromatic rings. The Bertz CT molecular complexity index is 1090. The summed E-state index contributed by atoms with van der Waals surface area (Å²) in [5, 5.41) is 12.5. The van der Waals surface area contributed by atoms with E-state index < -0.39 is 0 Å². The zero-order valence-corrected chi connectivity index (χ0v) is 18.9. The molecule has 0 bridgehead atoms. The van der Waals surface area contributed by atoms with Crippen LogP contribution in [-0.2, 0) is 4.79 Å². The number of carbonyl (C=O) groups excluding carboxylic acids is 3. The summed E-state index contributed by atoms with van der Waals surface area (Å²) >= 11 is 1.50. The monoisotopic (exact) mass is 462 g/mol. The third-order valence-corrected chi connectivity index (χ3v) is 6.23. The minimum absolute atomic E-state index is 0.0437. The molecule has 1 fully saturated rings. The highest BCUT2D eigenvalue weighted by molar-refractivity contribution is 7.08. The molecule has 2 aromatic carbocycles. The Kier molecular flexibility index (Phi) is 7.49. The number of piperidine rings is 1. The first-order valence-corrected chi connectivity index (χ1v) is 11.8. The lowest BCUT2D eigenvalue weighted by Crippen LogP contribution is -2.46. The molecule has 3 amide bonds. The molecular formula is C25H26N4O3S. The summed E-state index contributed by atoms with van der Waals surface area (Å²) in [5.41, 5.74) is 2.27. The maximum atomic E-state index is 12.7. The summed E-state index contributed by atoms with van der Waals surface area (Å²) in [4.78, 5) is 39.7. The van der Waals surface area contributed by atoms with Crippen molar-refractivity contribution in [3.8, 4) is 0 Å². The lowest BCUT2D eigenvalue weighted by atomic mass is 10.0. The maximum absolute atomic E-state index is 12.7. The molecule has 0 radical (unpaired) electrons. The van der Waals surface area contributed by atoms with Crippen LogP contribution < -0.4 is 16.0 Å². The largest absolute Gasteiger partial charge is 0.349 e. The molecule has 170 valence electrons. The van der Waals surface area contributed by atoms with Gasteiger partial charge in [-0.1, -0.05) is 30.3 Å². The fourth-order valence-corrected chi connectivity index (χ4v) is 4.44. The van der Waals surface area contributed by atoms with E-state index in [0.717, 1.165) is 25.9 Å². The maximum Gasteiger partial charge on any atom is 0.257 e. The minimum atomic E-state index is -0.278. The number of hydrogen-bond donors (Lipinski definition) is 3. The van der Waals surface area contributed by atoms with Crippen molar-refractivity contribution in [3.63, 3.8) is 0 Å².